The van der Waals surface area contributed by atoms with Gasteiger partial charge in [0.25, 0.3) is 0 Å². The largest absolute Gasteiger partial charge is 0.493 e. The van der Waals surface area contributed by atoms with Gasteiger partial charge in [-0.2, -0.15) is 5.10 Å². The summed E-state index contributed by atoms with van der Waals surface area (Å²) in [5, 5.41) is 20.7. The standard InChI is InChI=1S/C27H31N7O3/c35-18-22-8-4-11-33(22)12-5-13-37-23-9-10-24-25(14-23)28-19-29-27(24)32-21-15-30-34(16-21)17-26(36)31-20-6-2-1-3-7-20/h1-3,6-7,9-10,14-16,19,22,35H,4-5,8,11-13,17-18H2,(H,31,36)(H,28,29,32)/t22-/m1/s1. The minimum absolute atomic E-state index is 0.0974. The molecule has 0 radical (unpaired) electrons. The number of carbonyl (C=O) groups excluding carboxylic acids is 1. The Morgan fingerprint density at radius 1 is 1.14 bits per heavy atom. The van der Waals surface area contributed by atoms with Gasteiger partial charge in [-0.05, 0) is 50.1 Å². The summed E-state index contributed by atoms with van der Waals surface area (Å²) in [6.45, 7) is 2.91. The molecule has 4 aromatic rings. The Bertz CT molecular complexity index is 1330. The molecule has 0 saturated carbocycles. The molecule has 2 aromatic carbocycles. The second-order valence-corrected chi connectivity index (χ2v) is 9.08. The Morgan fingerprint density at radius 2 is 2.03 bits per heavy atom. The molecule has 3 N–H and O–H groups in total. The third-order valence-corrected chi connectivity index (χ3v) is 6.44. The van der Waals surface area contributed by atoms with Gasteiger partial charge >= 0.3 is 0 Å². The zero-order chi connectivity index (χ0) is 25.5. The molecule has 37 heavy (non-hydrogen) atoms. The number of rotatable bonds is 11. The lowest BCUT2D eigenvalue weighted by Crippen LogP contribution is -2.33. The van der Waals surface area contributed by atoms with Gasteiger partial charge in [0.1, 0.15) is 24.4 Å². The number of fused-ring (bicyclic) bond motifs is 1. The number of anilines is 3. The van der Waals surface area contributed by atoms with Gasteiger partial charge in [-0.3, -0.25) is 14.4 Å². The molecule has 1 atom stereocenters. The van der Waals surface area contributed by atoms with Crippen LogP contribution in [-0.2, 0) is 11.3 Å². The molecule has 3 heterocycles. The summed E-state index contributed by atoms with van der Waals surface area (Å²) in [5.74, 6) is 1.25. The van der Waals surface area contributed by atoms with Gasteiger partial charge in [0, 0.05) is 35.9 Å². The highest BCUT2D eigenvalue weighted by atomic mass is 16.5. The first kappa shape index (κ1) is 24.7. The van der Waals surface area contributed by atoms with E-state index in [2.05, 4.69) is 30.6 Å². The van der Waals surface area contributed by atoms with Crippen molar-refractivity contribution in [3.8, 4) is 5.75 Å². The molecule has 1 fully saturated rings. The zero-order valence-corrected chi connectivity index (χ0v) is 20.6. The van der Waals surface area contributed by atoms with Crippen LogP contribution in [0.2, 0.25) is 0 Å². The van der Waals surface area contributed by atoms with Crippen molar-refractivity contribution in [1.29, 1.82) is 0 Å². The highest BCUT2D eigenvalue weighted by Crippen LogP contribution is 2.26. The number of aromatic nitrogens is 4. The highest BCUT2D eigenvalue weighted by Gasteiger charge is 2.22. The van der Waals surface area contributed by atoms with Gasteiger partial charge in [0.2, 0.25) is 5.91 Å². The molecule has 1 aliphatic heterocycles. The first-order valence-corrected chi connectivity index (χ1v) is 12.5. The number of aliphatic hydroxyl groups is 1. The Labute approximate surface area is 215 Å². The molecule has 0 aliphatic carbocycles. The molecular weight excluding hydrogens is 470 g/mol. The Hall–Kier alpha value is -4.02. The number of benzene rings is 2. The third kappa shape index (κ3) is 6.41. The average Bonchev–Trinajstić information content (AvgIpc) is 3.56. The van der Waals surface area contributed by atoms with Crippen LogP contribution in [0.25, 0.3) is 10.9 Å². The number of likely N-dealkylation sites (tertiary alicyclic amines) is 1. The van der Waals surface area contributed by atoms with Gasteiger partial charge in [0.15, 0.2) is 0 Å². The molecule has 1 aliphatic rings. The fourth-order valence-electron chi connectivity index (χ4n) is 4.60. The average molecular weight is 502 g/mol. The summed E-state index contributed by atoms with van der Waals surface area (Å²) >= 11 is 0. The number of nitrogens with one attached hydrogen (secondary N) is 2. The predicted octanol–water partition coefficient (Wildman–Crippen LogP) is 3.43. The Morgan fingerprint density at radius 3 is 2.89 bits per heavy atom. The number of amides is 1. The van der Waals surface area contributed by atoms with E-state index in [1.54, 1.807) is 17.1 Å². The topological polar surface area (TPSA) is 117 Å². The van der Waals surface area contributed by atoms with Crippen LogP contribution in [0.4, 0.5) is 17.2 Å². The number of para-hydroxylation sites is 1. The van der Waals surface area contributed by atoms with E-state index in [1.165, 1.54) is 6.33 Å². The van der Waals surface area contributed by atoms with E-state index < -0.39 is 0 Å². The van der Waals surface area contributed by atoms with Crippen molar-refractivity contribution in [2.45, 2.75) is 31.8 Å². The molecule has 0 spiro atoms. The van der Waals surface area contributed by atoms with E-state index >= 15 is 0 Å². The molecule has 0 unspecified atom stereocenters. The van der Waals surface area contributed by atoms with Crippen LogP contribution in [0.5, 0.6) is 5.75 Å². The number of aliphatic hydroxyl groups excluding tert-OH is 1. The van der Waals surface area contributed by atoms with Crippen molar-refractivity contribution in [3.63, 3.8) is 0 Å². The molecule has 10 nitrogen and oxygen atoms in total. The van der Waals surface area contributed by atoms with Gasteiger partial charge in [0.05, 0.1) is 30.6 Å². The first-order chi connectivity index (χ1) is 18.2. The summed E-state index contributed by atoms with van der Waals surface area (Å²) in [6.07, 6.45) is 8.05. The number of ether oxygens (including phenoxy) is 1. The highest BCUT2D eigenvalue weighted by molar-refractivity contribution is 5.92. The fraction of sp³-hybridized carbons (Fsp3) is 0.333. The number of nitrogens with zero attached hydrogens (tertiary/aromatic N) is 5. The molecule has 0 bridgehead atoms. The van der Waals surface area contributed by atoms with Crippen molar-refractivity contribution >= 4 is 34.0 Å². The van der Waals surface area contributed by atoms with Crippen LogP contribution >= 0.6 is 0 Å². The molecule has 2 aromatic heterocycles. The molecule has 1 amide bonds. The molecule has 192 valence electrons. The van der Waals surface area contributed by atoms with Crippen LogP contribution in [0.1, 0.15) is 19.3 Å². The van der Waals surface area contributed by atoms with E-state index in [0.29, 0.717) is 18.5 Å². The maximum atomic E-state index is 12.3. The van der Waals surface area contributed by atoms with Crippen molar-refractivity contribution in [2.75, 3.05) is 36.9 Å². The lowest BCUT2D eigenvalue weighted by atomic mass is 10.2. The monoisotopic (exact) mass is 501 g/mol. The Balaban J connectivity index is 1.16. The van der Waals surface area contributed by atoms with Crippen LogP contribution in [0, 0.1) is 0 Å². The molecule has 1 saturated heterocycles. The lowest BCUT2D eigenvalue weighted by molar-refractivity contribution is -0.116. The number of carbonyl (C=O) groups is 1. The number of hydrogen-bond donors (Lipinski definition) is 3. The predicted molar refractivity (Wildman–Crippen MR) is 142 cm³/mol. The van der Waals surface area contributed by atoms with Crippen LogP contribution in [-0.4, -0.2) is 68.0 Å². The van der Waals surface area contributed by atoms with E-state index in [9.17, 15) is 9.90 Å². The number of hydrogen-bond acceptors (Lipinski definition) is 8. The molecule has 5 rings (SSSR count). The van der Waals surface area contributed by atoms with Crippen molar-refractivity contribution in [1.82, 2.24) is 24.6 Å². The van der Waals surface area contributed by atoms with Crippen LogP contribution in [0.15, 0.2) is 67.3 Å². The van der Waals surface area contributed by atoms with Crippen molar-refractivity contribution < 1.29 is 14.6 Å². The summed E-state index contributed by atoms with van der Waals surface area (Å²) in [7, 11) is 0. The zero-order valence-electron chi connectivity index (χ0n) is 20.6. The van der Waals surface area contributed by atoms with E-state index in [1.807, 2.05) is 48.5 Å². The second-order valence-electron chi connectivity index (χ2n) is 9.08. The quantitative estimate of drug-likeness (QED) is 0.268. The van der Waals surface area contributed by atoms with Crippen LogP contribution in [0.3, 0.4) is 0 Å². The van der Waals surface area contributed by atoms with Crippen molar-refractivity contribution in [3.05, 3.63) is 67.3 Å². The Kier molecular flexibility index (Phi) is 7.87. The smallest absolute Gasteiger partial charge is 0.246 e. The summed E-state index contributed by atoms with van der Waals surface area (Å²) in [6, 6.07) is 15.4. The first-order valence-electron chi connectivity index (χ1n) is 12.5. The summed E-state index contributed by atoms with van der Waals surface area (Å²) < 4.78 is 7.53. The minimum Gasteiger partial charge on any atom is -0.493 e. The van der Waals surface area contributed by atoms with Gasteiger partial charge in [-0.15, -0.1) is 0 Å². The lowest BCUT2D eigenvalue weighted by Gasteiger charge is -2.22. The normalized spacial score (nSPS) is 15.6. The van der Waals surface area contributed by atoms with E-state index in [-0.39, 0.29) is 19.1 Å². The summed E-state index contributed by atoms with van der Waals surface area (Å²) in [5.41, 5.74) is 2.23. The summed E-state index contributed by atoms with van der Waals surface area (Å²) in [4.78, 5) is 23.4. The van der Waals surface area contributed by atoms with Gasteiger partial charge in [-0.1, -0.05) is 18.2 Å². The molecule has 10 heteroatoms. The van der Waals surface area contributed by atoms with Crippen LogP contribution < -0.4 is 15.4 Å². The SMILES string of the molecule is O=C(Cn1cc(Nc2ncnc3cc(OCCCN4CCC[C@@H]4CO)ccc23)cn1)Nc1ccccc1. The van der Waals surface area contributed by atoms with Crippen molar-refractivity contribution in [2.24, 2.45) is 0 Å². The fourth-order valence-corrected chi connectivity index (χ4v) is 4.60. The van der Waals surface area contributed by atoms with E-state index in [4.69, 9.17) is 4.74 Å². The van der Waals surface area contributed by atoms with E-state index in [0.717, 1.165) is 60.4 Å². The second kappa shape index (κ2) is 11.8. The molecular formula is C27H31N7O3. The van der Waals surface area contributed by atoms with Gasteiger partial charge < -0.3 is 20.5 Å². The van der Waals surface area contributed by atoms with Gasteiger partial charge in [-0.25, -0.2) is 9.97 Å². The maximum absolute atomic E-state index is 12.3. The minimum atomic E-state index is -0.158. The third-order valence-electron chi connectivity index (χ3n) is 6.44. The maximum Gasteiger partial charge on any atom is 0.246 e.